The first-order valence-electron chi connectivity index (χ1n) is 5.00. The Morgan fingerprint density at radius 3 is 3.12 bits per heavy atom. The van der Waals surface area contributed by atoms with Crippen LogP contribution in [0.1, 0.15) is 19.2 Å². The molecule has 2 rings (SSSR count). The number of hydrogen-bond donors (Lipinski definition) is 1. The first-order chi connectivity index (χ1) is 7.72. The third-order valence-corrected chi connectivity index (χ3v) is 2.62. The van der Waals surface area contributed by atoms with E-state index in [2.05, 4.69) is 20.6 Å². The lowest BCUT2D eigenvalue weighted by atomic mass is 10.0. The van der Waals surface area contributed by atoms with Crippen molar-refractivity contribution in [3.63, 3.8) is 0 Å². The second kappa shape index (κ2) is 4.30. The predicted molar refractivity (Wildman–Crippen MR) is 55.3 cm³/mol. The molecule has 1 aromatic heterocycles. The summed E-state index contributed by atoms with van der Waals surface area (Å²) >= 11 is 0. The van der Waals surface area contributed by atoms with Gasteiger partial charge in [-0.2, -0.15) is 5.21 Å². The number of H-pyrrole nitrogens is 1. The number of amides is 1. The minimum atomic E-state index is -0.332. The second-order valence-electron chi connectivity index (χ2n) is 3.65. The lowest BCUT2D eigenvalue weighted by molar-refractivity contribution is 0.113. The Hall–Kier alpha value is -1.92. The number of methoxy groups -OCH3 is 1. The molecule has 1 amide bonds. The number of aromatic nitrogens is 4. The molecule has 0 aromatic carbocycles. The fraction of sp³-hybridized carbons (Fsp3) is 0.556. The van der Waals surface area contributed by atoms with E-state index in [0.29, 0.717) is 12.4 Å². The van der Waals surface area contributed by atoms with Gasteiger partial charge in [-0.05, 0) is 18.6 Å². The molecule has 7 heteroatoms. The van der Waals surface area contributed by atoms with Crippen LogP contribution in [0.2, 0.25) is 0 Å². The topological polar surface area (TPSA) is 84.0 Å². The Morgan fingerprint density at radius 2 is 2.50 bits per heavy atom. The number of nitrogens with zero attached hydrogens (tertiary/aromatic N) is 4. The van der Waals surface area contributed by atoms with Gasteiger partial charge >= 0.3 is 6.09 Å². The first-order valence-corrected chi connectivity index (χ1v) is 5.00. The van der Waals surface area contributed by atoms with Gasteiger partial charge in [0.1, 0.15) is 0 Å². The average molecular weight is 223 g/mol. The molecule has 0 aliphatic carbocycles. The molecule has 2 heterocycles. The number of aromatic amines is 1. The molecule has 7 nitrogen and oxygen atoms in total. The summed E-state index contributed by atoms with van der Waals surface area (Å²) in [6.07, 6.45) is 2.45. The van der Waals surface area contributed by atoms with E-state index in [0.717, 1.165) is 12.0 Å². The minimum Gasteiger partial charge on any atom is -0.453 e. The van der Waals surface area contributed by atoms with Crippen LogP contribution in [0.25, 0.3) is 5.57 Å². The van der Waals surface area contributed by atoms with Crippen LogP contribution in [-0.2, 0) is 4.74 Å². The predicted octanol–water partition coefficient (Wildman–Crippen LogP) is 0.444. The van der Waals surface area contributed by atoms with Crippen molar-refractivity contribution in [1.82, 2.24) is 25.5 Å². The van der Waals surface area contributed by atoms with Crippen molar-refractivity contribution in [2.75, 3.05) is 13.7 Å². The Labute approximate surface area is 92.5 Å². The number of rotatable bonds is 1. The molecule has 0 saturated heterocycles. The summed E-state index contributed by atoms with van der Waals surface area (Å²) in [5.74, 6) is 0.529. The van der Waals surface area contributed by atoms with Gasteiger partial charge in [0.15, 0.2) is 0 Å². The number of hydrogen-bond acceptors (Lipinski definition) is 5. The van der Waals surface area contributed by atoms with E-state index in [1.54, 1.807) is 4.90 Å². The van der Waals surface area contributed by atoms with Crippen LogP contribution in [0.4, 0.5) is 4.79 Å². The van der Waals surface area contributed by atoms with E-state index >= 15 is 0 Å². The van der Waals surface area contributed by atoms with Crippen molar-refractivity contribution in [1.29, 1.82) is 0 Å². The number of tetrazole rings is 1. The highest BCUT2D eigenvalue weighted by Crippen LogP contribution is 2.21. The summed E-state index contributed by atoms with van der Waals surface area (Å²) in [4.78, 5) is 13.1. The second-order valence-corrected chi connectivity index (χ2v) is 3.65. The Balaban J connectivity index is 2.17. The van der Waals surface area contributed by atoms with E-state index in [9.17, 15) is 4.79 Å². The van der Waals surface area contributed by atoms with Gasteiger partial charge in [0.25, 0.3) is 0 Å². The van der Waals surface area contributed by atoms with Gasteiger partial charge in [-0.3, -0.25) is 0 Å². The zero-order valence-electron chi connectivity index (χ0n) is 9.17. The molecule has 1 unspecified atom stereocenters. The maximum atomic E-state index is 11.5. The van der Waals surface area contributed by atoms with Crippen molar-refractivity contribution < 1.29 is 9.53 Å². The van der Waals surface area contributed by atoms with Crippen LogP contribution in [0.5, 0.6) is 0 Å². The van der Waals surface area contributed by atoms with Gasteiger partial charge in [-0.15, -0.1) is 10.2 Å². The fourth-order valence-electron chi connectivity index (χ4n) is 1.67. The third kappa shape index (κ3) is 1.88. The zero-order valence-corrected chi connectivity index (χ0v) is 9.17. The molecule has 0 fully saturated rings. The van der Waals surface area contributed by atoms with Crippen molar-refractivity contribution in [2.24, 2.45) is 0 Å². The van der Waals surface area contributed by atoms with Gasteiger partial charge in [0.2, 0.25) is 5.82 Å². The van der Waals surface area contributed by atoms with Gasteiger partial charge in [0, 0.05) is 11.6 Å². The summed E-state index contributed by atoms with van der Waals surface area (Å²) in [5.41, 5.74) is 0.886. The molecule has 16 heavy (non-hydrogen) atoms. The molecule has 1 aliphatic rings. The maximum absolute atomic E-state index is 11.5. The summed E-state index contributed by atoms with van der Waals surface area (Å²) in [6.45, 7) is 2.42. The summed E-state index contributed by atoms with van der Waals surface area (Å²) in [5, 5.41) is 13.7. The molecule has 1 aliphatic heterocycles. The number of ether oxygens (including phenoxy) is 1. The summed E-state index contributed by atoms with van der Waals surface area (Å²) in [6, 6.07) is 0.128. The number of carbonyl (C=O) groups excluding carboxylic acids is 1. The highest BCUT2D eigenvalue weighted by molar-refractivity contribution is 5.73. The molecule has 1 atom stereocenters. The molecule has 0 bridgehead atoms. The van der Waals surface area contributed by atoms with E-state index < -0.39 is 0 Å². The van der Waals surface area contributed by atoms with Gasteiger partial charge in [0.05, 0.1) is 13.7 Å². The fourth-order valence-corrected chi connectivity index (χ4v) is 1.67. The summed E-state index contributed by atoms with van der Waals surface area (Å²) < 4.78 is 4.72. The van der Waals surface area contributed by atoms with Crippen LogP contribution in [-0.4, -0.2) is 51.3 Å². The van der Waals surface area contributed by atoms with E-state index in [4.69, 9.17) is 4.74 Å². The lowest BCUT2D eigenvalue weighted by Crippen LogP contribution is -2.41. The Morgan fingerprint density at radius 1 is 1.69 bits per heavy atom. The van der Waals surface area contributed by atoms with E-state index in [1.807, 2.05) is 13.0 Å². The van der Waals surface area contributed by atoms with Crippen molar-refractivity contribution in [3.05, 3.63) is 11.9 Å². The lowest BCUT2D eigenvalue weighted by Gasteiger charge is -2.31. The highest BCUT2D eigenvalue weighted by atomic mass is 16.5. The molecule has 0 saturated carbocycles. The molecule has 1 aromatic rings. The number of nitrogens with one attached hydrogen (secondary N) is 1. The molecule has 0 radical (unpaired) electrons. The van der Waals surface area contributed by atoms with Crippen LogP contribution in [0.15, 0.2) is 6.08 Å². The van der Waals surface area contributed by atoms with Crippen molar-refractivity contribution in [2.45, 2.75) is 19.4 Å². The molecule has 1 N–H and O–H groups in total. The van der Waals surface area contributed by atoms with Crippen molar-refractivity contribution >= 4 is 11.7 Å². The normalized spacial score (nSPS) is 20.5. The smallest absolute Gasteiger partial charge is 0.410 e. The molecular formula is C9H13N5O2. The molecule has 0 spiro atoms. The van der Waals surface area contributed by atoms with Crippen molar-refractivity contribution in [3.8, 4) is 0 Å². The Bertz CT molecular complexity index is 400. The largest absolute Gasteiger partial charge is 0.453 e. The Kier molecular flexibility index (Phi) is 2.84. The quantitative estimate of drug-likeness (QED) is 0.747. The maximum Gasteiger partial charge on any atom is 0.410 e. The highest BCUT2D eigenvalue weighted by Gasteiger charge is 2.26. The first kappa shape index (κ1) is 10.6. The average Bonchev–Trinajstić information content (AvgIpc) is 2.82. The summed E-state index contributed by atoms with van der Waals surface area (Å²) in [7, 11) is 1.38. The van der Waals surface area contributed by atoms with Crippen LogP contribution in [0, 0.1) is 0 Å². The van der Waals surface area contributed by atoms with Gasteiger partial charge in [-0.25, -0.2) is 4.79 Å². The third-order valence-electron chi connectivity index (χ3n) is 2.62. The van der Waals surface area contributed by atoms with Gasteiger partial charge < -0.3 is 9.64 Å². The SMILES string of the molecule is COC(=O)N1CC(c2nn[nH]n2)=CCC1C. The van der Waals surface area contributed by atoms with Crippen LogP contribution in [0.3, 0.4) is 0 Å². The molecule has 86 valence electrons. The standard InChI is InChI=1S/C9H13N5O2/c1-6-3-4-7(8-10-12-13-11-8)5-14(6)9(15)16-2/h4,6H,3,5H2,1-2H3,(H,10,11,12,13). The van der Waals surface area contributed by atoms with Crippen LogP contribution >= 0.6 is 0 Å². The number of carbonyl (C=O) groups is 1. The minimum absolute atomic E-state index is 0.128. The molecular weight excluding hydrogens is 210 g/mol. The van der Waals surface area contributed by atoms with E-state index in [-0.39, 0.29) is 12.1 Å². The van der Waals surface area contributed by atoms with Crippen LogP contribution < -0.4 is 0 Å². The monoisotopic (exact) mass is 223 g/mol. The van der Waals surface area contributed by atoms with Gasteiger partial charge in [-0.1, -0.05) is 6.08 Å². The zero-order chi connectivity index (χ0) is 11.5. The van der Waals surface area contributed by atoms with E-state index in [1.165, 1.54) is 7.11 Å².